The number of benzene rings is 1. The summed E-state index contributed by atoms with van der Waals surface area (Å²) >= 11 is 6.65. The third-order valence-electron chi connectivity index (χ3n) is 3.57. The number of carbonyl (C=O) groups excluding carboxylic acids is 1. The molecule has 1 heterocycles. The van der Waals surface area contributed by atoms with E-state index in [0.717, 1.165) is 27.3 Å². The molecule has 0 unspecified atom stereocenters. The number of hydrogen-bond donors (Lipinski definition) is 2. The molecule has 2 rings (SSSR count). The highest BCUT2D eigenvalue weighted by molar-refractivity contribution is 7.80. The highest BCUT2D eigenvalue weighted by Gasteiger charge is 2.19. The van der Waals surface area contributed by atoms with Crippen LogP contribution in [0.2, 0.25) is 0 Å². The van der Waals surface area contributed by atoms with E-state index in [1.54, 1.807) is 11.3 Å². The first-order valence-corrected chi connectivity index (χ1v) is 8.12. The molecule has 0 atom stereocenters. The predicted molar refractivity (Wildman–Crippen MR) is 96.4 cm³/mol. The molecule has 0 spiro atoms. The molecule has 1 aromatic carbocycles. The Kier molecular flexibility index (Phi) is 4.83. The number of thiophene rings is 1. The van der Waals surface area contributed by atoms with Gasteiger partial charge in [-0.1, -0.05) is 12.1 Å². The number of carbonyl (C=O) groups is 1. The summed E-state index contributed by atoms with van der Waals surface area (Å²) in [5, 5.41) is 3.42. The van der Waals surface area contributed by atoms with E-state index >= 15 is 0 Å². The fourth-order valence-corrected chi connectivity index (χ4v) is 3.10. The Balaban J connectivity index is 2.34. The Morgan fingerprint density at radius 1 is 1.27 bits per heavy atom. The van der Waals surface area contributed by atoms with Crippen molar-refractivity contribution in [2.24, 2.45) is 5.73 Å². The van der Waals surface area contributed by atoms with Gasteiger partial charge in [-0.2, -0.15) is 0 Å². The van der Waals surface area contributed by atoms with Crippen molar-refractivity contribution in [2.45, 2.75) is 27.7 Å². The molecule has 2 aromatic rings. The normalized spacial score (nSPS) is 10.4. The van der Waals surface area contributed by atoms with E-state index < -0.39 is 0 Å². The Labute approximate surface area is 139 Å². The van der Waals surface area contributed by atoms with Crippen LogP contribution >= 0.6 is 23.6 Å². The maximum absolute atomic E-state index is 12.5. The lowest BCUT2D eigenvalue weighted by Gasteiger charge is -2.25. The molecular weight excluding hydrogens is 314 g/mol. The molecule has 0 bridgehead atoms. The van der Waals surface area contributed by atoms with Gasteiger partial charge < -0.3 is 5.73 Å². The molecule has 1 amide bonds. The molecule has 0 fully saturated rings. The first-order valence-electron chi connectivity index (χ1n) is 6.83. The lowest BCUT2D eigenvalue weighted by Crippen LogP contribution is -2.49. The Hall–Kier alpha value is -1.92. The Morgan fingerprint density at radius 2 is 1.95 bits per heavy atom. The SMILES string of the molecule is Cc1ccc(C)c(N(NC(=O)c2csc(C)c2C)C(N)=S)c1. The van der Waals surface area contributed by atoms with Gasteiger partial charge in [0.05, 0.1) is 11.3 Å². The number of nitrogens with one attached hydrogen (secondary N) is 1. The van der Waals surface area contributed by atoms with Crippen molar-refractivity contribution >= 4 is 40.3 Å². The maximum atomic E-state index is 12.5. The second kappa shape index (κ2) is 6.46. The number of amides is 1. The van der Waals surface area contributed by atoms with Crippen LogP contribution in [0.1, 0.15) is 31.9 Å². The summed E-state index contributed by atoms with van der Waals surface area (Å²) < 4.78 is 0. The van der Waals surface area contributed by atoms with Gasteiger partial charge >= 0.3 is 0 Å². The van der Waals surface area contributed by atoms with Gasteiger partial charge in [0.15, 0.2) is 5.11 Å². The van der Waals surface area contributed by atoms with Gasteiger partial charge in [0.2, 0.25) is 0 Å². The molecule has 1 aromatic heterocycles. The van der Waals surface area contributed by atoms with Crippen LogP contribution in [-0.4, -0.2) is 11.0 Å². The highest BCUT2D eigenvalue weighted by Crippen LogP contribution is 2.23. The van der Waals surface area contributed by atoms with Gasteiger partial charge in [-0.25, -0.2) is 5.01 Å². The maximum Gasteiger partial charge on any atom is 0.271 e. The lowest BCUT2D eigenvalue weighted by molar-refractivity contribution is 0.0955. The predicted octanol–water partition coefficient (Wildman–Crippen LogP) is 3.38. The van der Waals surface area contributed by atoms with Crippen molar-refractivity contribution in [1.82, 2.24) is 5.43 Å². The quantitative estimate of drug-likeness (QED) is 0.653. The molecular formula is C16H19N3OS2. The zero-order valence-electron chi connectivity index (χ0n) is 13.1. The Morgan fingerprint density at radius 3 is 2.50 bits per heavy atom. The third-order valence-corrected chi connectivity index (χ3v) is 4.77. The fourth-order valence-electron chi connectivity index (χ4n) is 2.09. The van der Waals surface area contributed by atoms with E-state index in [-0.39, 0.29) is 11.0 Å². The number of rotatable bonds is 2. The number of hydrogen-bond acceptors (Lipinski definition) is 3. The van der Waals surface area contributed by atoms with Crippen molar-refractivity contribution in [3.63, 3.8) is 0 Å². The zero-order valence-corrected chi connectivity index (χ0v) is 14.7. The van der Waals surface area contributed by atoms with Gasteiger partial charge in [-0.3, -0.25) is 10.2 Å². The molecule has 0 radical (unpaired) electrons. The number of nitrogens with zero attached hydrogens (tertiary/aromatic N) is 1. The van der Waals surface area contributed by atoms with Crippen LogP contribution in [0.15, 0.2) is 23.6 Å². The summed E-state index contributed by atoms with van der Waals surface area (Å²) in [5.74, 6) is -0.212. The average molecular weight is 333 g/mol. The van der Waals surface area contributed by atoms with Crippen LogP contribution < -0.4 is 16.2 Å². The molecule has 0 aliphatic rings. The molecule has 22 heavy (non-hydrogen) atoms. The van der Waals surface area contributed by atoms with Gasteiger partial charge in [0.1, 0.15) is 0 Å². The molecule has 0 aliphatic carbocycles. The average Bonchev–Trinajstić information content (AvgIpc) is 2.79. The number of thiocarbonyl (C=S) groups is 1. The molecule has 0 saturated heterocycles. The zero-order chi connectivity index (χ0) is 16.4. The molecule has 6 heteroatoms. The summed E-state index contributed by atoms with van der Waals surface area (Å²) in [6.45, 7) is 7.86. The summed E-state index contributed by atoms with van der Waals surface area (Å²) in [6.07, 6.45) is 0. The van der Waals surface area contributed by atoms with Crippen LogP contribution in [0, 0.1) is 27.7 Å². The first-order chi connectivity index (χ1) is 10.3. The molecule has 116 valence electrons. The van der Waals surface area contributed by atoms with Gasteiger partial charge in [0.25, 0.3) is 5.91 Å². The molecule has 3 N–H and O–H groups in total. The molecule has 0 saturated carbocycles. The van der Waals surface area contributed by atoms with Crippen molar-refractivity contribution in [3.8, 4) is 0 Å². The van der Waals surface area contributed by atoms with Crippen LogP contribution in [0.4, 0.5) is 5.69 Å². The van der Waals surface area contributed by atoms with E-state index in [2.05, 4.69) is 5.43 Å². The summed E-state index contributed by atoms with van der Waals surface area (Å²) in [7, 11) is 0. The minimum absolute atomic E-state index is 0.103. The van der Waals surface area contributed by atoms with Crippen molar-refractivity contribution in [1.29, 1.82) is 0 Å². The van der Waals surface area contributed by atoms with E-state index in [9.17, 15) is 4.79 Å². The number of nitrogens with two attached hydrogens (primary N) is 1. The number of anilines is 1. The third kappa shape index (κ3) is 3.28. The van der Waals surface area contributed by atoms with Gasteiger partial charge in [-0.05, 0) is 62.7 Å². The monoisotopic (exact) mass is 333 g/mol. The second-order valence-electron chi connectivity index (χ2n) is 5.24. The van der Waals surface area contributed by atoms with Crippen molar-refractivity contribution in [3.05, 3.63) is 50.7 Å². The Bertz CT molecular complexity index is 737. The van der Waals surface area contributed by atoms with E-state index in [1.807, 2.05) is 51.3 Å². The van der Waals surface area contributed by atoms with Crippen molar-refractivity contribution in [2.75, 3.05) is 5.01 Å². The van der Waals surface area contributed by atoms with Gasteiger partial charge in [-0.15, -0.1) is 11.3 Å². The molecule has 0 aliphatic heterocycles. The molecule has 4 nitrogen and oxygen atoms in total. The van der Waals surface area contributed by atoms with Crippen molar-refractivity contribution < 1.29 is 4.79 Å². The van der Waals surface area contributed by atoms with E-state index in [0.29, 0.717) is 5.56 Å². The summed E-state index contributed by atoms with van der Waals surface area (Å²) in [5.41, 5.74) is 13.1. The minimum Gasteiger partial charge on any atom is -0.374 e. The van der Waals surface area contributed by atoms with Crippen LogP contribution in [-0.2, 0) is 0 Å². The van der Waals surface area contributed by atoms with E-state index in [1.165, 1.54) is 5.01 Å². The number of aryl methyl sites for hydroxylation is 3. The fraction of sp³-hybridized carbons (Fsp3) is 0.250. The largest absolute Gasteiger partial charge is 0.374 e. The van der Waals surface area contributed by atoms with Crippen LogP contribution in [0.3, 0.4) is 0 Å². The second-order valence-corrected chi connectivity index (χ2v) is 6.74. The van der Waals surface area contributed by atoms with Crippen LogP contribution in [0.25, 0.3) is 0 Å². The number of hydrazine groups is 1. The summed E-state index contributed by atoms with van der Waals surface area (Å²) in [4.78, 5) is 13.6. The minimum atomic E-state index is -0.212. The highest BCUT2D eigenvalue weighted by atomic mass is 32.1. The topological polar surface area (TPSA) is 58.4 Å². The lowest BCUT2D eigenvalue weighted by atomic mass is 10.1. The standard InChI is InChI=1S/C16H19N3OS2/c1-9-5-6-10(2)14(7-9)19(16(17)21)18-15(20)13-8-22-12(4)11(13)3/h5-8H,1-4H3,(H2,17,21)(H,18,20). The van der Waals surface area contributed by atoms with Gasteiger partial charge in [0, 0.05) is 10.3 Å². The van der Waals surface area contributed by atoms with Crippen LogP contribution in [0.5, 0.6) is 0 Å². The smallest absolute Gasteiger partial charge is 0.271 e. The van der Waals surface area contributed by atoms with E-state index in [4.69, 9.17) is 18.0 Å². The first kappa shape index (κ1) is 16.5. The summed E-state index contributed by atoms with van der Waals surface area (Å²) in [6, 6.07) is 5.92.